The monoisotopic (exact) mass is 384 g/mol. The van der Waals surface area contributed by atoms with Crippen LogP contribution < -0.4 is 15.1 Å². The van der Waals surface area contributed by atoms with Crippen molar-refractivity contribution in [1.82, 2.24) is 5.32 Å². The van der Waals surface area contributed by atoms with Gasteiger partial charge in [-0.3, -0.25) is 14.9 Å². The predicted molar refractivity (Wildman–Crippen MR) is 104 cm³/mol. The van der Waals surface area contributed by atoms with Gasteiger partial charge < -0.3 is 15.1 Å². The van der Waals surface area contributed by atoms with E-state index in [1.807, 2.05) is 4.90 Å². The number of nitro groups is 1. The summed E-state index contributed by atoms with van der Waals surface area (Å²) in [5, 5.41) is 14.4. The van der Waals surface area contributed by atoms with Gasteiger partial charge >= 0.3 is 0 Å². The number of nitro benzene ring substituents is 1. The summed E-state index contributed by atoms with van der Waals surface area (Å²) in [4.78, 5) is 27.4. The highest BCUT2D eigenvalue weighted by Gasteiger charge is 2.27. The van der Waals surface area contributed by atoms with Gasteiger partial charge in [-0.05, 0) is 49.2 Å². The Morgan fingerprint density at radius 1 is 1.04 bits per heavy atom. The number of piperazine rings is 1. The van der Waals surface area contributed by atoms with Crippen molar-refractivity contribution >= 4 is 23.0 Å². The van der Waals surface area contributed by atoms with Crippen LogP contribution in [0, 0.1) is 15.9 Å². The fraction of sp³-hybridized carbons (Fsp3) is 0.350. The van der Waals surface area contributed by atoms with E-state index in [9.17, 15) is 19.3 Å². The van der Waals surface area contributed by atoms with Crippen molar-refractivity contribution in [3.63, 3.8) is 0 Å². The first-order valence-electron chi connectivity index (χ1n) is 9.36. The molecule has 2 fully saturated rings. The van der Waals surface area contributed by atoms with Crippen LogP contribution in [-0.4, -0.2) is 43.1 Å². The molecule has 1 aliphatic carbocycles. The van der Waals surface area contributed by atoms with Crippen LogP contribution >= 0.6 is 0 Å². The summed E-state index contributed by atoms with van der Waals surface area (Å²) < 4.78 is 13.1. The Kier molecular flexibility index (Phi) is 4.85. The van der Waals surface area contributed by atoms with Crippen molar-refractivity contribution < 1.29 is 14.1 Å². The summed E-state index contributed by atoms with van der Waals surface area (Å²) in [5.74, 6) is -0.540. The minimum Gasteiger partial charge on any atom is -0.368 e. The molecule has 28 heavy (non-hydrogen) atoms. The van der Waals surface area contributed by atoms with Gasteiger partial charge in [-0.15, -0.1) is 0 Å². The maximum Gasteiger partial charge on any atom is 0.293 e. The molecule has 2 aromatic rings. The summed E-state index contributed by atoms with van der Waals surface area (Å²) in [6.07, 6.45) is 1.93. The zero-order chi connectivity index (χ0) is 19.7. The van der Waals surface area contributed by atoms with Crippen LogP contribution in [0.25, 0.3) is 0 Å². The third kappa shape index (κ3) is 3.90. The van der Waals surface area contributed by atoms with Crippen molar-refractivity contribution in [2.75, 3.05) is 36.0 Å². The molecule has 1 saturated carbocycles. The summed E-state index contributed by atoms with van der Waals surface area (Å²) >= 11 is 0. The Bertz CT molecular complexity index is 891. The number of carbonyl (C=O) groups excluding carboxylic acids is 1. The van der Waals surface area contributed by atoms with Gasteiger partial charge in [0.1, 0.15) is 11.5 Å². The molecule has 0 bridgehead atoms. The quantitative estimate of drug-likeness (QED) is 0.633. The van der Waals surface area contributed by atoms with E-state index in [1.165, 1.54) is 18.2 Å². The third-order valence-corrected chi connectivity index (χ3v) is 5.16. The first-order chi connectivity index (χ1) is 13.5. The first kappa shape index (κ1) is 18.2. The molecular formula is C20H21FN4O3. The Hall–Kier alpha value is -3.16. The van der Waals surface area contributed by atoms with E-state index in [0.717, 1.165) is 18.5 Å². The molecule has 2 aliphatic rings. The van der Waals surface area contributed by atoms with Crippen LogP contribution in [-0.2, 0) is 0 Å². The maximum absolute atomic E-state index is 13.1. The Morgan fingerprint density at radius 2 is 1.68 bits per heavy atom. The van der Waals surface area contributed by atoms with Gasteiger partial charge in [0.2, 0.25) is 0 Å². The molecular weight excluding hydrogens is 363 g/mol. The Labute approximate surface area is 161 Å². The molecule has 0 unspecified atom stereocenters. The number of rotatable bonds is 5. The Morgan fingerprint density at radius 3 is 2.29 bits per heavy atom. The molecule has 1 N–H and O–H groups in total. The van der Waals surface area contributed by atoms with E-state index in [1.54, 1.807) is 24.3 Å². The summed E-state index contributed by atoms with van der Waals surface area (Å²) in [6, 6.07) is 11.2. The van der Waals surface area contributed by atoms with Crippen molar-refractivity contribution in [3.8, 4) is 0 Å². The highest BCUT2D eigenvalue weighted by molar-refractivity contribution is 5.96. The molecule has 2 aromatic carbocycles. The average Bonchev–Trinajstić information content (AvgIpc) is 3.52. The fourth-order valence-corrected chi connectivity index (χ4v) is 3.43. The molecule has 146 valence electrons. The number of halogens is 1. The van der Waals surface area contributed by atoms with E-state index in [-0.39, 0.29) is 23.5 Å². The van der Waals surface area contributed by atoms with E-state index >= 15 is 0 Å². The number of benzene rings is 2. The van der Waals surface area contributed by atoms with E-state index in [2.05, 4.69) is 10.2 Å². The van der Waals surface area contributed by atoms with E-state index in [0.29, 0.717) is 37.4 Å². The van der Waals surface area contributed by atoms with Crippen molar-refractivity contribution in [1.29, 1.82) is 0 Å². The highest BCUT2D eigenvalue weighted by Crippen LogP contribution is 2.31. The van der Waals surface area contributed by atoms with Crippen LogP contribution in [0.1, 0.15) is 23.2 Å². The lowest BCUT2D eigenvalue weighted by atomic mass is 10.1. The number of carbonyl (C=O) groups is 1. The molecule has 0 spiro atoms. The second-order valence-electron chi connectivity index (χ2n) is 7.16. The van der Waals surface area contributed by atoms with Gasteiger partial charge in [-0.25, -0.2) is 4.39 Å². The minimum absolute atomic E-state index is 0.0568. The minimum atomic E-state index is -0.435. The second kappa shape index (κ2) is 7.46. The molecule has 8 heteroatoms. The molecule has 1 saturated heterocycles. The molecule has 1 aliphatic heterocycles. The van der Waals surface area contributed by atoms with Crippen molar-refractivity contribution in [2.45, 2.75) is 18.9 Å². The van der Waals surface area contributed by atoms with Gasteiger partial charge in [0.25, 0.3) is 11.6 Å². The maximum atomic E-state index is 13.1. The van der Waals surface area contributed by atoms with E-state index in [4.69, 9.17) is 0 Å². The average molecular weight is 384 g/mol. The zero-order valence-electron chi connectivity index (χ0n) is 15.3. The zero-order valence-corrected chi connectivity index (χ0v) is 15.3. The summed E-state index contributed by atoms with van der Waals surface area (Å²) in [6.45, 7) is 2.55. The number of nitrogens with zero attached hydrogens (tertiary/aromatic N) is 3. The van der Waals surface area contributed by atoms with Crippen LogP contribution in [0.5, 0.6) is 0 Å². The molecule has 1 heterocycles. The number of hydrogen-bond donors (Lipinski definition) is 1. The normalized spacial score (nSPS) is 16.8. The van der Waals surface area contributed by atoms with Gasteiger partial charge in [0.05, 0.1) is 4.92 Å². The second-order valence-corrected chi connectivity index (χ2v) is 7.16. The lowest BCUT2D eigenvalue weighted by molar-refractivity contribution is -0.384. The van der Waals surface area contributed by atoms with Gasteiger partial charge in [0.15, 0.2) is 0 Å². The first-order valence-corrected chi connectivity index (χ1v) is 9.36. The standard InChI is InChI=1S/C20H21FN4O3/c21-15-2-6-17(7-3-15)23-9-11-24(12-10-23)18-8-1-14(13-19(18)25(27)28)20(26)22-16-4-5-16/h1-3,6-8,13,16H,4-5,9-12H2,(H,22,26). The summed E-state index contributed by atoms with van der Waals surface area (Å²) in [5.41, 5.74) is 1.71. The Balaban J connectivity index is 1.48. The van der Waals surface area contributed by atoms with Crippen LogP contribution in [0.3, 0.4) is 0 Å². The predicted octanol–water partition coefficient (Wildman–Crippen LogP) is 2.95. The smallest absolute Gasteiger partial charge is 0.293 e. The number of anilines is 2. The summed E-state index contributed by atoms with van der Waals surface area (Å²) in [7, 11) is 0. The van der Waals surface area contributed by atoms with Gasteiger partial charge in [-0.1, -0.05) is 0 Å². The number of amides is 1. The number of nitrogens with one attached hydrogen (secondary N) is 1. The topological polar surface area (TPSA) is 78.7 Å². The van der Waals surface area contributed by atoms with Crippen molar-refractivity contribution in [3.05, 3.63) is 64.0 Å². The molecule has 7 nitrogen and oxygen atoms in total. The molecule has 1 amide bonds. The van der Waals surface area contributed by atoms with Crippen molar-refractivity contribution in [2.24, 2.45) is 0 Å². The molecule has 0 atom stereocenters. The lowest BCUT2D eigenvalue weighted by Gasteiger charge is -2.37. The van der Waals surface area contributed by atoms with Gasteiger partial charge in [0, 0.05) is 49.5 Å². The fourth-order valence-electron chi connectivity index (χ4n) is 3.43. The van der Waals surface area contributed by atoms with Crippen LogP contribution in [0.4, 0.5) is 21.5 Å². The lowest BCUT2D eigenvalue weighted by Crippen LogP contribution is -2.46. The molecule has 0 radical (unpaired) electrons. The SMILES string of the molecule is O=C(NC1CC1)c1ccc(N2CCN(c3ccc(F)cc3)CC2)c([N+](=O)[O-])c1. The number of hydrogen-bond acceptors (Lipinski definition) is 5. The highest BCUT2D eigenvalue weighted by atomic mass is 19.1. The van der Waals surface area contributed by atoms with Crippen LogP contribution in [0.2, 0.25) is 0 Å². The van der Waals surface area contributed by atoms with Gasteiger partial charge in [-0.2, -0.15) is 0 Å². The molecule has 0 aromatic heterocycles. The third-order valence-electron chi connectivity index (χ3n) is 5.16. The van der Waals surface area contributed by atoms with E-state index < -0.39 is 4.92 Å². The largest absolute Gasteiger partial charge is 0.368 e. The molecule has 4 rings (SSSR count). The van der Waals surface area contributed by atoms with Crippen LogP contribution in [0.15, 0.2) is 42.5 Å².